The van der Waals surface area contributed by atoms with E-state index in [0.29, 0.717) is 40.0 Å². The first-order chi connectivity index (χ1) is 21.2. The second kappa shape index (κ2) is 12.8. The SMILES string of the molecule is COc1ccc2c(Oc3ccc(NC(=O)c4c(C)n(CC(C)CC(N)C(=O)O)n(-c5ccccc5)c4=O)cn3)ccnc2c1. The second-order valence-corrected chi connectivity index (χ2v) is 10.4. The van der Waals surface area contributed by atoms with Gasteiger partial charge in [0.25, 0.3) is 11.5 Å². The van der Waals surface area contributed by atoms with E-state index >= 15 is 0 Å². The zero-order valence-corrected chi connectivity index (χ0v) is 24.4. The Morgan fingerprint density at radius 1 is 1.07 bits per heavy atom. The van der Waals surface area contributed by atoms with Gasteiger partial charge in [-0.25, -0.2) is 9.67 Å². The number of nitrogens with zero attached hydrogens (tertiary/aromatic N) is 4. The highest BCUT2D eigenvalue weighted by molar-refractivity contribution is 6.04. The number of amides is 1. The summed E-state index contributed by atoms with van der Waals surface area (Å²) < 4.78 is 14.4. The first kappa shape index (κ1) is 30.0. The molecule has 2 unspecified atom stereocenters. The molecule has 44 heavy (non-hydrogen) atoms. The van der Waals surface area contributed by atoms with Crippen LogP contribution in [0.15, 0.2) is 83.9 Å². The molecule has 226 valence electrons. The van der Waals surface area contributed by atoms with Crippen LogP contribution in [-0.4, -0.2) is 49.5 Å². The zero-order valence-electron chi connectivity index (χ0n) is 24.4. The number of nitrogens with two attached hydrogens (primary N) is 1. The number of para-hydroxylation sites is 1. The van der Waals surface area contributed by atoms with Gasteiger partial charge >= 0.3 is 5.97 Å². The quantitative estimate of drug-likeness (QED) is 0.201. The van der Waals surface area contributed by atoms with Crippen LogP contribution in [0.25, 0.3) is 16.6 Å². The van der Waals surface area contributed by atoms with Gasteiger partial charge in [-0.1, -0.05) is 25.1 Å². The number of rotatable bonds is 11. The molecule has 0 saturated heterocycles. The predicted octanol–water partition coefficient (Wildman–Crippen LogP) is 4.38. The minimum absolute atomic E-state index is 0.0393. The number of carboxylic acids is 1. The molecule has 4 N–H and O–H groups in total. The number of anilines is 1. The number of hydrogen-bond acceptors (Lipinski definition) is 8. The molecule has 2 aromatic carbocycles. The number of carbonyl (C=O) groups is 2. The van der Waals surface area contributed by atoms with E-state index in [-0.39, 0.29) is 24.4 Å². The summed E-state index contributed by atoms with van der Waals surface area (Å²) in [5.74, 6) is -0.364. The number of carboxylic acid groups (broad SMARTS) is 1. The maximum Gasteiger partial charge on any atom is 0.320 e. The second-order valence-electron chi connectivity index (χ2n) is 10.4. The fourth-order valence-corrected chi connectivity index (χ4v) is 5.00. The zero-order chi connectivity index (χ0) is 31.4. The minimum Gasteiger partial charge on any atom is -0.497 e. The molecule has 5 aromatic rings. The van der Waals surface area contributed by atoms with Crippen LogP contribution in [0.3, 0.4) is 0 Å². The lowest BCUT2D eigenvalue weighted by atomic mass is 10.0. The van der Waals surface area contributed by atoms with Gasteiger partial charge in [0.1, 0.15) is 23.1 Å². The molecule has 5 rings (SSSR count). The fourth-order valence-electron chi connectivity index (χ4n) is 5.00. The molecule has 0 fully saturated rings. The van der Waals surface area contributed by atoms with E-state index in [1.54, 1.807) is 73.4 Å². The van der Waals surface area contributed by atoms with E-state index in [0.717, 1.165) is 5.39 Å². The highest BCUT2D eigenvalue weighted by Gasteiger charge is 2.26. The third kappa shape index (κ3) is 6.30. The number of benzene rings is 2. The van der Waals surface area contributed by atoms with E-state index in [2.05, 4.69) is 15.3 Å². The molecule has 3 heterocycles. The van der Waals surface area contributed by atoms with Crippen molar-refractivity contribution in [3.8, 4) is 23.1 Å². The Morgan fingerprint density at radius 3 is 2.52 bits per heavy atom. The van der Waals surface area contributed by atoms with Gasteiger partial charge in [-0.05, 0) is 55.7 Å². The molecule has 0 radical (unpaired) electrons. The van der Waals surface area contributed by atoms with E-state index < -0.39 is 23.5 Å². The third-order valence-electron chi connectivity index (χ3n) is 7.20. The van der Waals surface area contributed by atoms with E-state index in [9.17, 15) is 19.5 Å². The van der Waals surface area contributed by atoms with Crippen molar-refractivity contribution in [1.82, 2.24) is 19.3 Å². The molecule has 0 bridgehead atoms. The molecule has 12 nitrogen and oxygen atoms in total. The van der Waals surface area contributed by atoms with Crippen molar-refractivity contribution < 1.29 is 24.2 Å². The molecule has 0 aliphatic rings. The van der Waals surface area contributed by atoms with Crippen LogP contribution in [0, 0.1) is 12.8 Å². The summed E-state index contributed by atoms with van der Waals surface area (Å²) in [6.07, 6.45) is 3.27. The van der Waals surface area contributed by atoms with Gasteiger partial charge in [0.05, 0.1) is 35.9 Å². The number of pyridine rings is 2. The average molecular weight is 597 g/mol. The number of ether oxygens (including phenoxy) is 2. The Morgan fingerprint density at radius 2 is 1.84 bits per heavy atom. The molecule has 0 saturated carbocycles. The number of aromatic nitrogens is 4. The van der Waals surface area contributed by atoms with Crippen LogP contribution in [-0.2, 0) is 11.3 Å². The van der Waals surface area contributed by atoms with Crippen molar-refractivity contribution in [2.45, 2.75) is 32.9 Å². The predicted molar refractivity (Wildman–Crippen MR) is 165 cm³/mol. The maximum atomic E-state index is 13.7. The monoisotopic (exact) mass is 596 g/mol. The molecule has 0 aliphatic carbocycles. The molecule has 12 heteroatoms. The number of nitrogens with one attached hydrogen (secondary N) is 1. The lowest BCUT2D eigenvalue weighted by molar-refractivity contribution is -0.138. The molecular formula is C32H32N6O6. The van der Waals surface area contributed by atoms with E-state index in [1.807, 2.05) is 25.1 Å². The van der Waals surface area contributed by atoms with Gasteiger partial charge in [0.2, 0.25) is 5.88 Å². The Kier molecular flexibility index (Phi) is 8.72. The summed E-state index contributed by atoms with van der Waals surface area (Å²) in [7, 11) is 1.59. The summed E-state index contributed by atoms with van der Waals surface area (Å²) in [5.41, 5.74) is 7.28. The van der Waals surface area contributed by atoms with Gasteiger partial charge in [-0.15, -0.1) is 0 Å². The van der Waals surface area contributed by atoms with Crippen LogP contribution in [0.5, 0.6) is 17.4 Å². The Balaban J connectivity index is 1.38. The standard InChI is InChI=1S/C32H32N6O6/c1-19(15-25(33)32(41)42)18-37-20(2)29(31(40)38(37)22-7-5-4-6-8-22)30(39)36-21-9-12-28(35-17-21)44-27-13-14-34-26-16-23(43-3)10-11-24(26)27/h4-14,16-17,19,25H,15,18,33H2,1-3H3,(H,36,39)(H,41,42). The first-order valence-electron chi connectivity index (χ1n) is 13.9. The summed E-state index contributed by atoms with van der Waals surface area (Å²) in [6.45, 7) is 3.81. The Hall–Kier alpha value is -5.49. The molecule has 0 aliphatic heterocycles. The summed E-state index contributed by atoms with van der Waals surface area (Å²) in [4.78, 5) is 47.1. The minimum atomic E-state index is -1.10. The Labute approximate surface area is 252 Å². The van der Waals surface area contributed by atoms with Crippen molar-refractivity contribution in [2.24, 2.45) is 11.7 Å². The summed E-state index contributed by atoms with van der Waals surface area (Å²) in [6, 6.07) is 18.3. The van der Waals surface area contributed by atoms with Crippen LogP contribution in [0.2, 0.25) is 0 Å². The highest BCUT2D eigenvalue weighted by atomic mass is 16.5. The van der Waals surface area contributed by atoms with Crippen LogP contribution in [0.4, 0.5) is 5.69 Å². The topological polar surface area (TPSA) is 164 Å². The maximum absolute atomic E-state index is 13.7. The average Bonchev–Trinajstić information content (AvgIpc) is 3.26. The fraction of sp³-hybridized carbons (Fsp3) is 0.219. The van der Waals surface area contributed by atoms with Gasteiger partial charge in [-0.2, -0.15) is 0 Å². The summed E-state index contributed by atoms with van der Waals surface area (Å²) >= 11 is 0. The molecule has 3 aromatic heterocycles. The van der Waals surface area contributed by atoms with Crippen molar-refractivity contribution in [3.63, 3.8) is 0 Å². The van der Waals surface area contributed by atoms with Gasteiger partial charge in [-0.3, -0.25) is 24.0 Å². The Bertz CT molecular complexity index is 1870. The van der Waals surface area contributed by atoms with Crippen molar-refractivity contribution in [3.05, 3.63) is 101 Å². The first-order valence-corrected chi connectivity index (χ1v) is 13.9. The van der Waals surface area contributed by atoms with Gasteiger partial charge < -0.3 is 25.6 Å². The smallest absolute Gasteiger partial charge is 0.320 e. The van der Waals surface area contributed by atoms with Gasteiger partial charge in [0.15, 0.2) is 0 Å². The molecule has 0 spiro atoms. The van der Waals surface area contributed by atoms with Crippen LogP contribution >= 0.6 is 0 Å². The number of aliphatic carboxylic acids is 1. The van der Waals surface area contributed by atoms with Gasteiger partial charge in [0, 0.05) is 30.3 Å². The third-order valence-corrected chi connectivity index (χ3v) is 7.20. The highest BCUT2D eigenvalue weighted by Crippen LogP contribution is 2.30. The molecular weight excluding hydrogens is 564 g/mol. The van der Waals surface area contributed by atoms with E-state index in [1.165, 1.54) is 10.9 Å². The number of fused-ring (bicyclic) bond motifs is 1. The molecule has 1 amide bonds. The normalized spacial score (nSPS) is 12.5. The van der Waals surface area contributed by atoms with Crippen LogP contribution in [0.1, 0.15) is 29.4 Å². The number of hydrogen-bond donors (Lipinski definition) is 3. The largest absolute Gasteiger partial charge is 0.497 e. The summed E-state index contributed by atoms with van der Waals surface area (Å²) in [5, 5.41) is 12.8. The van der Waals surface area contributed by atoms with E-state index in [4.69, 9.17) is 15.2 Å². The lowest BCUT2D eigenvalue weighted by Gasteiger charge is -2.19. The molecule has 2 atom stereocenters. The van der Waals surface area contributed by atoms with Crippen molar-refractivity contribution in [1.29, 1.82) is 0 Å². The lowest BCUT2D eigenvalue weighted by Crippen LogP contribution is -2.33. The van der Waals surface area contributed by atoms with Crippen LogP contribution < -0.4 is 26.1 Å². The van der Waals surface area contributed by atoms with Crippen molar-refractivity contribution in [2.75, 3.05) is 12.4 Å². The number of carbonyl (C=O) groups excluding carboxylic acids is 1. The van der Waals surface area contributed by atoms with Crippen molar-refractivity contribution >= 4 is 28.5 Å². The number of methoxy groups -OCH3 is 1.